The van der Waals surface area contributed by atoms with Crippen LogP contribution < -0.4 is 10.6 Å². The lowest BCUT2D eigenvalue weighted by Gasteiger charge is -2.00. The Hall–Kier alpha value is -1.31. The minimum Gasteiger partial charge on any atom is -0.396 e. The first-order valence-corrected chi connectivity index (χ1v) is 6.75. The minimum atomic E-state index is -4.74. The van der Waals surface area contributed by atoms with Crippen molar-refractivity contribution in [1.29, 1.82) is 0 Å². The van der Waals surface area contributed by atoms with E-state index in [-0.39, 0.29) is 5.91 Å². The number of carbonyl (C=O) groups excluding carboxylic acids is 2. The molecular weight excluding hydrogens is 289 g/mol. The molecule has 0 aromatic rings. The van der Waals surface area contributed by atoms with E-state index in [4.69, 9.17) is 5.11 Å². The lowest BCUT2D eigenvalue weighted by molar-refractivity contribution is -0.172. The Labute approximate surface area is 124 Å². The third-order valence-electron chi connectivity index (χ3n) is 2.10. The average Bonchev–Trinajstić information content (AvgIpc) is 2.43. The van der Waals surface area contributed by atoms with E-state index in [0.717, 1.165) is 13.5 Å². The van der Waals surface area contributed by atoms with Gasteiger partial charge < -0.3 is 15.7 Å². The number of carbonyl (C=O) groups is 2. The highest BCUT2D eigenvalue weighted by molar-refractivity contribution is 5.81. The SMILES string of the molecule is CCCCCCCO.CNC(=O)C(F)(F)F.CNC(C)=O. The normalized spacial score (nSPS) is 9.52. The molecule has 21 heavy (non-hydrogen) atoms. The molecule has 0 aromatic carbocycles. The van der Waals surface area contributed by atoms with Crippen LogP contribution in [-0.4, -0.2) is 43.8 Å². The highest BCUT2D eigenvalue weighted by Gasteiger charge is 2.37. The number of unbranched alkanes of at least 4 members (excludes halogenated alkanes) is 4. The third-order valence-corrected chi connectivity index (χ3v) is 2.10. The molecule has 0 unspecified atom stereocenters. The predicted octanol–water partition coefficient (Wildman–Crippen LogP) is 2.00. The van der Waals surface area contributed by atoms with Crippen molar-refractivity contribution in [3.8, 4) is 0 Å². The zero-order valence-corrected chi connectivity index (χ0v) is 13.1. The van der Waals surface area contributed by atoms with E-state index >= 15 is 0 Å². The zero-order chi connectivity index (χ0) is 17.3. The summed E-state index contributed by atoms with van der Waals surface area (Å²) >= 11 is 0. The molecule has 0 bridgehead atoms. The van der Waals surface area contributed by atoms with E-state index in [9.17, 15) is 22.8 Å². The number of hydrogen-bond acceptors (Lipinski definition) is 3. The number of aliphatic hydroxyl groups is 1. The van der Waals surface area contributed by atoms with Crippen molar-refractivity contribution in [2.45, 2.75) is 52.1 Å². The van der Waals surface area contributed by atoms with Crippen LogP contribution >= 0.6 is 0 Å². The van der Waals surface area contributed by atoms with Gasteiger partial charge in [0.1, 0.15) is 0 Å². The van der Waals surface area contributed by atoms with Gasteiger partial charge in [-0.1, -0.05) is 32.6 Å². The van der Waals surface area contributed by atoms with Crippen LogP contribution in [0.4, 0.5) is 13.2 Å². The molecule has 0 aromatic heterocycles. The maximum Gasteiger partial charge on any atom is 0.471 e. The van der Waals surface area contributed by atoms with Crippen LogP contribution in [0.1, 0.15) is 46.0 Å². The van der Waals surface area contributed by atoms with Gasteiger partial charge in [-0.3, -0.25) is 9.59 Å². The van der Waals surface area contributed by atoms with E-state index in [1.807, 2.05) is 0 Å². The molecule has 8 heteroatoms. The van der Waals surface area contributed by atoms with Crippen molar-refractivity contribution in [3.63, 3.8) is 0 Å². The van der Waals surface area contributed by atoms with Gasteiger partial charge in [-0.15, -0.1) is 0 Å². The fourth-order valence-electron chi connectivity index (χ4n) is 0.857. The standard InChI is InChI=1S/C7H16O.C3H4F3NO.C3H7NO/c1-2-3-4-5-6-7-8;1-7-2(8)3(4,5)6;1-3(5)4-2/h8H,2-7H2,1H3;1H3,(H,7,8);1-2H3,(H,4,5). The first-order valence-electron chi connectivity index (χ1n) is 6.75. The summed E-state index contributed by atoms with van der Waals surface area (Å²) in [6.45, 7) is 4.03. The monoisotopic (exact) mass is 316 g/mol. The summed E-state index contributed by atoms with van der Waals surface area (Å²) in [4.78, 5) is 19.3. The lowest BCUT2D eigenvalue weighted by atomic mass is 10.2. The van der Waals surface area contributed by atoms with Crippen molar-refractivity contribution in [3.05, 3.63) is 0 Å². The summed E-state index contributed by atoms with van der Waals surface area (Å²) in [5, 5.41) is 12.2. The van der Waals surface area contributed by atoms with E-state index in [0.29, 0.717) is 6.61 Å². The molecule has 0 heterocycles. The van der Waals surface area contributed by atoms with E-state index in [1.165, 1.54) is 37.9 Å². The number of alkyl halides is 3. The van der Waals surface area contributed by atoms with Gasteiger partial charge in [0.15, 0.2) is 0 Å². The van der Waals surface area contributed by atoms with Crippen LogP contribution in [0.5, 0.6) is 0 Å². The van der Waals surface area contributed by atoms with Crippen molar-refractivity contribution < 1.29 is 27.9 Å². The summed E-state index contributed by atoms with van der Waals surface area (Å²) in [6.07, 6.45) is 1.33. The molecule has 128 valence electrons. The maximum atomic E-state index is 11.0. The molecular formula is C13H27F3N2O3. The van der Waals surface area contributed by atoms with Crippen molar-refractivity contribution in [2.75, 3.05) is 20.7 Å². The van der Waals surface area contributed by atoms with E-state index < -0.39 is 12.1 Å². The Morgan fingerprint density at radius 1 is 1.00 bits per heavy atom. The number of halogens is 3. The first kappa shape index (κ1) is 24.7. The maximum absolute atomic E-state index is 11.0. The van der Waals surface area contributed by atoms with Crippen LogP contribution in [0.25, 0.3) is 0 Å². The number of hydrogen-bond donors (Lipinski definition) is 3. The second-order valence-corrected chi connectivity index (χ2v) is 4.02. The Bertz CT molecular complexity index is 254. The Morgan fingerprint density at radius 2 is 1.43 bits per heavy atom. The summed E-state index contributed by atoms with van der Waals surface area (Å²) in [6, 6.07) is 0. The molecule has 5 nitrogen and oxygen atoms in total. The van der Waals surface area contributed by atoms with Gasteiger partial charge in [0.25, 0.3) is 0 Å². The number of rotatable bonds is 5. The Balaban J connectivity index is -0.000000239. The Morgan fingerprint density at radius 3 is 1.62 bits per heavy atom. The predicted molar refractivity (Wildman–Crippen MR) is 75.7 cm³/mol. The van der Waals surface area contributed by atoms with E-state index in [1.54, 1.807) is 7.05 Å². The van der Waals surface area contributed by atoms with Crippen LogP contribution in [0.15, 0.2) is 0 Å². The van der Waals surface area contributed by atoms with Gasteiger partial charge in [-0.2, -0.15) is 13.2 Å². The van der Waals surface area contributed by atoms with Gasteiger partial charge in [-0.25, -0.2) is 0 Å². The molecule has 0 saturated carbocycles. The molecule has 3 N–H and O–H groups in total. The topological polar surface area (TPSA) is 78.4 Å². The smallest absolute Gasteiger partial charge is 0.396 e. The molecule has 0 atom stereocenters. The second-order valence-electron chi connectivity index (χ2n) is 4.02. The average molecular weight is 316 g/mol. The van der Waals surface area contributed by atoms with Gasteiger partial charge >= 0.3 is 12.1 Å². The van der Waals surface area contributed by atoms with Crippen LogP contribution in [0.3, 0.4) is 0 Å². The first-order chi connectivity index (χ1) is 9.67. The molecule has 0 saturated heterocycles. The molecule has 0 aliphatic rings. The third kappa shape index (κ3) is 27.8. The van der Waals surface area contributed by atoms with Crippen molar-refractivity contribution in [2.24, 2.45) is 0 Å². The van der Waals surface area contributed by atoms with Gasteiger partial charge in [0.05, 0.1) is 0 Å². The highest BCUT2D eigenvalue weighted by atomic mass is 19.4. The number of amides is 2. The quantitative estimate of drug-likeness (QED) is 0.679. The van der Waals surface area contributed by atoms with Crippen LogP contribution in [-0.2, 0) is 9.59 Å². The number of aliphatic hydroxyl groups excluding tert-OH is 1. The lowest BCUT2D eigenvalue weighted by Crippen LogP contribution is -2.33. The van der Waals surface area contributed by atoms with E-state index in [2.05, 4.69) is 12.2 Å². The fraction of sp³-hybridized carbons (Fsp3) is 0.846. The molecule has 0 rings (SSSR count). The molecule has 0 radical (unpaired) electrons. The fourth-order valence-corrected chi connectivity index (χ4v) is 0.857. The van der Waals surface area contributed by atoms with Crippen molar-refractivity contribution in [1.82, 2.24) is 10.6 Å². The van der Waals surface area contributed by atoms with Crippen LogP contribution in [0.2, 0.25) is 0 Å². The minimum absolute atomic E-state index is 0.00463. The van der Waals surface area contributed by atoms with Gasteiger partial charge in [0, 0.05) is 27.6 Å². The van der Waals surface area contributed by atoms with Crippen LogP contribution in [0, 0.1) is 0 Å². The zero-order valence-electron chi connectivity index (χ0n) is 13.1. The highest BCUT2D eigenvalue weighted by Crippen LogP contribution is 2.13. The summed E-state index contributed by atoms with van der Waals surface area (Å²) in [7, 11) is 2.53. The Kier molecular flexibility index (Phi) is 19.7. The van der Waals surface area contributed by atoms with Gasteiger partial charge in [0.2, 0.25) is 5.91 Å². The number of nitrogens with one attached hydrogen (secondary N) is 2. The second kappa shape index (κ2) is 16.7. The summed E-state index contributed by atoms with van der Waals surface area (Å²) < 4.78 is 33.1. The molecule has 0 spiro atoms. The van der Waals surface area contributed by atoms with Gasteiger partial charge in [-0.05, 0) is 6.42 Å². The molecule has 0 aliphatic carbocycles. The summed E-state index contributed by atoms with van der Waals surface area (Å²) in [5.41, 5.74) is 0. The molecule has 0 fully saturated rings. The summed E-state index contributed by atoms with van der Waals surface area (Å²) in [5.74, 6) is -1.91. The molecule has 0 aliphatic heterocycles. The molecule has 2 amide bonds. The van der Waals surface area contributed by atoms with Crippen molar-refractivity contribution >= 4 is 11.8 Å². The largest absolute Gasteiger partial charge is 0.471 e.